The molecule has 2 aromatic rings. The van der Waals surface area contributed by atoms with E-state index in [0.29, 0.717) is 17.8 Å². The van der Waals surface area contributed by atoms with Crippen molar-refractivity contribution in [2.75, 3.05) is 23.7 Å². The molecule has 0 saturated heterocycles. The van der Waals surface area contributed by atoms with Crippen LogP contribution in [0.1, 0.15) is 33.1 Å². The van der Waals surface area contributed by atoms with E-state index in [1.165, 1.54) is 12.8 Å². The van der Waals surface area contributed by atoms with Gasteiger partial charge >= 0.3 is 0 Å². The highest BCUT2D eigenvalue weighted by Gasteiger charge is 2.07. The van der Waals surface area contributed by atoms with E-state index in [1.807, 2.05) is 13.1 Å². The van der Waals surface area contributed by atoms with Crippen molar-refractivity contribution in [2.45, 2.75) is 33.1 Å². The fourth-order valence-electron chi connectivity index (χ4n) is 1.75. The van der Waals surface area contributed by atoms with E-state index < -0.39 is 0 Å². The first-order valence-corrected chi connectivity index (χ1v) is 7.05. The summed E-state index contributed by atoms with van der Waals surface area (Å²) in [6.07, 6.45) is 8.69. The van der Waals surface area contributed by atoms with E-state index in [1.54, 1.807) is 17.1 Å². The Bertz CT molecular complexity index is 509. The van der Waals surface area contributed by atoms with Crippen molar-refractivity contribution in [3.63, 3.8) is 0 Å². The molecule has 108 valence electrons. The van der Waals surface area contributed by atoms with Crippen LogP contribution in [0.2, 0.25) is 0 Å². The first-order chi connectivity index (χ1) is 9.83. The maximum atomic E-state index is 4.41. The second-order valence-corrected chi connectivity index (χ2v) is 4.42. The Morgan fingerprint density at radius 3 is 2.50 bits per heavy atom. The average Bonchev–Trinajstić information content (AvgIpc) is 2.98. The summed E-state index contributed by atoms with van der Waals surface area (Å²) in [5.74, 6) is 1.73. The average molecular weight is 275 g/mol. The molecule has 2 N–H and O–H groups in total. The lowest BCUT2D eigenvalue weighted by atomic mass is 10.2. The van der Waals surface area contributed by atoms with E-state index in [9.17, 15) is 0 Å². The summed E-state index contributed by atoms with van der Waals surface area (Å²) in [6, 6.07) is 0. The smallest absolute Gasteiger partial charge is 0.241 e. The maximum absolute atomic E-state index is 4.41. The van der Waals surface area contributed by atoms with E-state index in [2.05, 4.69) is 37.5 Å². The molecule has 20 heavy (non-hydrogen) atoms. The van der Waals surface area contributed by atoms with Gasteiger partial charge < -0.3 is 10.6 Å². The highest BCUT2D eigenvalue weighted by molar-refractivity contribution is 5.37. The van der Waals surface area contributed by atoms with E-state index in [4.69, 9.17) is 0 Å². The Morgan fingerprint density at radius 1 is 1.05 bits per heavy atom. The van der Waals surface area contributed by atoms with Crippen LogP contribution in [0.25, 0.3) is 5.95 Å². The van der Waals surface area contributed by atoms with Crippen molar-refractivity contribution >= 4 is 11.9 Å². The van der Waals surface area contributed by atoms with Gasteiger partial charge in [-0.3, -0.25) is 4.57 Å². The van der Waals surface area contributed by atoms with Gasteiger partial charge in [-0.1, -0.05) is 19.8 Å². The summed E-state index contributed by atoms with van der Waals surface area (Å²) < 4.78 is 1.76. The molecule has 0 atom stereocenters. The van der Waals surface area contributed by atoms with Crippen molar-refractivity contribution in [3.05, 3.63) is 18.7 Å². The quantitative estimate of drug-likeness (QED) is 0.718. The van der Waals surface area contributed by atoms with E-state index in [-0.39, 0.29) is 0 Å². The number of anilines is 2. The van der Waals surface area contributed by atoms with Crippen LogP contribution in [0, 0.1) is 0 Å². The molecule has 2 aromatic heterocycles. The van der Waals surface area contributed by atoms with Crippen LogP contribution in [-0.4, -0.2) is 37.6 Å². The van der Waals surface area contributed by atoms with Crippen LogP contribution in [0.4, 0.5) is 11.9 Å². The van der Waals surface area contributed by atoms with Gasteiger partial charge in [-0.25, -0.2) is 4.98 Å². The van der Waals surface area contributed by atoms with Crippen LogP contribution in [0.3, 0.4) is 0 Å². The number of imidazole rings is 1. The van der Waals surface area contributed by atoms with Gasteiger partial charge in [0.1, 0.15) is 6.33 Å². The lowest BCUT2D eigenvalue weighted by Gasteiger charge is -2.09. The van der Waals surface area contributed by atoms with Gasteiger partial charge in [-0.05, 0) is 13.3 Å². The minimum absolute atomic E-state index is 0.562. The normalized spacial score (nSPS) is 10.5. The number of nitrogens with zero attached hydrogens (tertiary/aromatic N) is 5. The van der Waals surface area contributed by atoms with Crippen molar-refractivity contribution in [3.8, 4) is 5.95 Å². The summed E-state index contributed by atoms with van der Waals surface area (Å²) in [5.41, 5.74) is 0. The molecule has 0 bridgehead atoms. The van der Waals surface area contributed by atoms with Crippen LogP contribution in [0.5, 0.6) is 0 Å². The Kier molecular flexibility index (Phi) is 5.28. The topological polar surface area (TPSA) is 80.5 Å². The Morgan fingerprint density at radius 2 is 1.85 bits per heavy atom. The van der Waals surface area contributed by atoms with Crippen molar-refractivity contribution in [1.29, 1.82) is 0 Å². The Labute approximate surface area is 118 Å². The van der Waals surface area contributed by atoms with Crippen molar-refractivity contribution < 1.29 is 0 Å². The molecule has 0 aromatic carbocycles. The van der Waals surface area contributed by atoms with Gasteiger partial charge in [0, 0.05) is 25.5 Å². The largest absolute Gasteiger partial charge is 0.354 e. The van der Waals surface area contributed by atoms with E-state index >= 15 is 0 Å². The van der Waals surface area contributed by atoms with Crippen molar-refractivity contribution in [1.82, 2.24) is 24.5 Å². The number of aromatic nitrogens is 5. The SMILES string of the molecule is CCCCCNc1nc(NCC)nc(-n2ccnc2)n1. The fourth-order valence-corrected chi connectivity index (χ4v) is 1.75. The third-order valence-corrected chi connectivity index (χ3v) is 2.76. The molecule has 0 unspecified atom stereocenters. The minimum atomic E-state index is 0.562. The zero-order chi connectivity index (χ0) is 14.2. The van der Waals surface area contributed by atoms with Gasteiger partial charge in [0.05, 0.1) is 0 Å². The first kappa shape index (κ1) is 14.2. The predicted octanol–water partition coefficient (Wildman–Crippen LogP) is 2.09. The number of hydrogen-bond acceptors (Lipinski definition) is 6. The molecule has 0 aliphatic heterocycles. The lowest BCUT2D eigenvalue weighted by molar-refractivity contribution is 0.739. The molecular formula is C13H21N7. The summed E-state index contributed by atoms with van der Waals surface area (Å²) in [6.45, 7) is 5.83. The molecule has 0 amide bonds. The monoisotopic (exact) mass is 275 g/mol. The standard InChI is InChI=1S/C13H21N7/c1-3-5-6-7-16-12-17-11(15-4-2)18-13(19-12)20-9-8-14-10-20/h8-10H,3-7H2,1-2H3,(H2,15,16,17,18,19). The summed E-state index contributed by atoms with van der Waals surface area (Å²) in [5, 5.41) is 6.36. The lowest BCUT2D eigenvalue weighted by Crippen LogP contribution is -2.12. The summed E-state index contributed by atoms with van der Waals surface area (Å²) in [7, 11) is 0. The molecule has 2 heterocycles. The highest BCUT2D eigenvalue weighted by atomic mass is 15.3. The molecule has 0 aliphatic rings. The van der Waals surface area contributed by atoms with Crippen LogP contribution in [0.15, 0.2) is 18.7 Å². The molecule has 7 heteroatoms. The molecule has 0 aliphatic carbocycles. The van der Waals surface area contributed by atoms with Gasteiger partial charge in [-0.2, -0.15) is 15.0 Å². The molecule has 0 spiro atoms. The molecule has 0 fully saturated rings. The van der Waals surface area contributed by atoms with Gasteiger partial charge in [-0.15, -0.1) is 0 Å². The van der Waals surface area contributed by atoms with Crippen LogP contribution in [-0.2, 0) is 0 Å². The number of unbranched alkanes of at least 4 members (excludes halogenated alkanes) is 2. The second-order valence-electron chi connectivity index (χ2n) is 4.42. The maximum Gasteiger partial charge on any atom is 0.241 e. The molecule has 0 saturated carbocycles. The van der Waals surface area contributed by atoms with Gasteiger partial charge in [0.15, 0.2) is 0 Å². The van der Waals surface area contributed by atoms with Crippen LogP contribution >= 0.6 is 0 Å². The third-order valence-electron chi connectivity index (χ3n) is 2.76. The summed E-state index contributed by atoms with van der Waals surface area (Å²) in [4.78, 5) is 17.1. The third kappa shape index (κ3) is 3.91. The number of hydrogen-bond donors (Lipinski definition) is 2. The molecule has 2 rings (SSSR count). The van der Waals surface area contributed by atoms with Crippen molar-refractivity contribution in [2.24, 2.45) is 0 Å². The van der Waals surface area contributed by atoms with Gasteiger partial charge in [0.2, 0.25) is 17.8 Å². The Hall–Kier alpha value is -2.18. The number of rotatable bonds is 8. The molecule has 0 radical (unpaired) electrons. The summed E-state index contributed by atoms with van der Waals surface area (Å²) >= 11 is 0. The number of nitrogens with one attached hydrogen (secondary N) is 2. The molecule has 7 nitrogen and oxygen atoms in total. The zero-order valence-electron chi connectivity index (χ0n) is 12.0. The predicted molar refractivity (Wildman–Crippen MR) is 79.1 cm³/mol. The van der Waals surface area contributed by atoms with Gasteiger partial charge in [0.25, 0.3) is 0 Å². The fraction of sp³-hybridized carbons (Fsp3) is 0.538. The zero-order valence-corrected chi connectivity index (χ0v) is 12.0. The minimum Gasteiger partial charge on any atom is -0.354 e. The second kappa shape index (κ2) is 7.42. The molecular weight excluding hydrogens is 254 g/mol. The Balaban J connectivity index is 2.13. The van der Waals surface area contributed by atoms with Crippen LogP contribution < -0.4 is 10.6 Å². The highest BCUT2D eigenvalue weighted by Crippen LogP contribution is 2.09. The van der Waals surface area contributed by atoms with E-state index in [0.717, 1.165) is 19.5 Å². The first-order valence-electron chi connectivity index (χ1n) is 7.05.